The number of ether oxygens (including phenoxy) is 1. The molecule has 1 aromatic heterocycles. The van der Waals surface area contributed by atoms with Crippen LogP contribution in [0.1, 0.15) is 36.3 Å². The largest absolute Gasteiger partial charge is 0.441 e. The van der Waals surface area contributed by atoms with Crippen molar-refractivity contribution in [2.75, 3.05) is 19.8 Å². The number of nitrogens with one attached hydrogen (secondary N) is 1. The zero-order valence-corrected chi connectivity index (χ0v) is 18.5. The van der Waals surface area contributed by atoms with Crippen LogP contribution in [0.25, 0.3) is 11.3 Å². The van der Waals surface area contributed by atoms with E-state index in [9.17, 15) is 4.79 Å². The van der Waals surface area contributed by atoms with Gasteiger partial charge in [0.25, 0.3) is 0 Å². The van der Waals surface area contributed by atoms with Crippen LogP contribution in [-0.2, 0) is 21.4 Å². The minimum Gasteiger partial charge on any atom is -0.441 e. The average molecular weight is 439 g/mol. The molecule has 6 heteroatoms. The van der Waals surface area contributed by atoms with Gasteiger partial charge in [-0.3, -0.25) is 4.79 Å². The lowest BCUT2D eigenvalue weighted by atomic mass is 9.74. The predicted molar refractivity (Wildman–Crippen MR) is 121 cm³/mol. The molecule has 0 saturated carbocycles. The molecule has 3 aromatic rings. The van der Waals surface area contributed by atoms with Gasteiger partial charge >= 0.3 is 0 Å². The van der Waals surface area contributed by atoms with Gasteiger partial charge in [-0.15, -0.1) is 0 Å². The van der Waals surface area contributed by atoms with E-state index in [1.807, 2.05) is 49.4 Å². The highest BCUT2D eigenvalue weighted by Gasteiger charge is 2.35. The normalized spacial score (nSPS) is 15.5. The van der Waals surface area contributed by atoms with Gasteiger partial charge in [0.2, 0.25) is 5.91 Å². The van der Waals surface area contributed by atoms with E-state index in [1.165, 1.54) is 5.56 Å². The standard InChI is InChI=1S/C25H27ClN2O3/c1-18-5-7-19(8-6-18)22-16-27-24(31-22)10-9-23(29)28-17-25(11-13-30-14-12-25)20-3-2-4-21(26)15-20/h2-8,15-16H,9-14,17H2,1H3,(H,28,29). The fourth-order valence-corrected chi connectivity index (χ4v) is 4.19. The van der Waals surface area contributed by atoms with Gasteiger partial charge in [-0.1, -0.05) is 53.6 Å². The minimum atomic E-state index is -0.152. The molecule has 4 rings (SSSR count). The van der Waals surface area contributed by atoms with Crippen molar-refractivity contribution in [1.82, 2.24) is 10.3 Å². The SMILES string of the molecule is Cc1ccc(-c2cnc(CCC(=O)NCC3(c4cccc(Cl)c4)CCOCC3)o2)cc1. The summed E-state index contributed by atoms with van der Waals surface area (Å²) < 4.78 is 11.4. The van der Waals surface area contributed by atoms with Crippen LogP contribution in [0.5, 0.6) is 0 Å². The number of hydrogen-bond acceptors (Lipinski definition) is 4. The lowest BCUT2D eigenvalue weighted by molar-refractivity contribution is -0.121. The third-order valence-corrected chi connectivity index (χ3v) is 6.20. The maximum absolute atomic E-state index is 12.6. The molecule has 162 valence electrons. The van der Waals surface area contributed by atoms with Crippen molar-refractivity contribution in [2.45, 2.75) is 38.0 Å². The smallest absolute Gasteiger partial charge is 0.220 e. The molecule has 0 bridgehead atoms. The number of nitrogens with zero attached hydrogens (tertiary/aromatic N) is 1. The molecule has 0 atom stereocenters. The van der Waals surface area contributed by atoms with Crippen LogP contribution in [0.3, 0.4) is 0 Å². The molecule has 2 heterocycles. The van der Waals surface area contributed by atoms with Crippen LogP contribution in [0, 0.1) is 6.92 Å². The molecule has 1 fully saturated rings. The van der Waals surface area contributed by atoms with Crippen molar-refractivity contribution < 1.29 is 13.9 Å². The number of aromatic nitrogens is 1. The first-order chi connectivity index (χ1) is 15.0. The van der Waals surface area contributed by atoms with Gasteiger partial charge in [0.15, 0.2) is 11.7 Å². The Kier molecular flexibility index (Phi) is 6.73. The summed E-state index contributed by atoms with van der Waals surface area (Å²) in [5.74, 6) is 1.28. The Morgan fingerprint density at radius 1 is 1.16 bits per heavy atom. The molecule has 31 heavy (non-hydrogen) atoms. The summed E-state index contributed by atoms with van der Waals surface area (Å²) in [6.45, 7) is 3.97. The molecule has 1 aliphatic rings. The Morgan fingerprint density at radius 3 is 2.68 bits per heavy atom. The highest BCUT2D eigenvalue weighted by Crippen LogP contribution is 2.35. The van der Waals surface area contributed by atoms with Gasteiger partial charge in [0, 0.05) is 48.6 Å². The molecule has 0 spiro atoms. The molecule has 2 aromatic carbocycles. The maximum Gasteiger partial charge on any atom is 0.220 e. The average Bonchev–Trinajstić information content (AvgIpc) is 3.26. The maximum atomic E-state index is 12.6. The van der Waals surface area contributed by atoms with E-state index < -0.39 is 0 Å². The Morgan fingerprint density at radius 2 is 1.94 bits per heavy atom. The fraction of sp³-hybridized carbons (Fsp3) is 0.360. The van der Waals surface area contributed by atoms with Gasteiger partial charge < -0.3 is 14.5 Å². The quantitative estimate of drug-likeness (QED) is 0.557. The first kappa shape index (κ1) is 21.6. The van der Waals surface area contributed by atoms with Crippen molar-refractivity contribution in [3.63, 3.8) is 0 Å². The topological polar surface area (TPSA) is 64.4 Å². The van der Waals surface area contributed by atoms with Crippen molar-refractivity contribution in [1.29, 1.82) is 0 Å². The van der Waals surface area contributed by atoms with Gasteiger partial charge in [-0.25, -0.2) is 4.98 Å². The van der Waals surface area contributed by atoms with E-state index in [0.29, 0.717) is 43.5 Å². The number of rotatable bonds is 7. The Bertz CT molecular complexity index is 1020. The lowest BCUT2D eigenvalue weighted by Gasteiger charge is -2.38. The molecule has 1 aliphatic heterocycles. The van der Waals surface area contributed by atoms with Crippen LogP contribution in [0.2, 0.25) is 5.02 Å². The van der Waals surface area contributed by atoms with Crippen LogP contribution in [0.4, 0.5) is 0 Å². The second kappa shape index (κ2) is 9.67. The van der Waals surface area contributed by atoms with E-state index in [-0.39, 0.29) is 11.3 Å². The summed E-state index contributed by atoms with van der Waals surface area (Å²) in [5.41, 5.74) is 3.18. The summed E-state index contributed by atoms with van der Waals surface area (Å²) in [7, 11) is 0. The van der Waals surface area contributed by atoms with E-state index in [0.717, 1.165) is 29.7 Å². The first-order valence-corrected chi connectivity index (χ1v) is 11.0. The Hall–Kier alpha value is -2.63. The lowest BCUT2D eigenvalue weighted by Crippen LogP contribution is -2.44. The third-order valence-electron chi connectivity index (χ3n) is 5.97. The number of hydrogen-bond donors (Lipinski definition) is 1. The first-order valence-electron chi connectivity index (χ1n) is 10.7. The van der Waals surface area contributed by atoms with E-state index in [4.69, 9.17) is 20.8 Å². The fourth-order valence-electron chi connectivity index (χ4n) is 4.00. The number of aryl methyl sites for hydroxylation is 2. The van der Waals surface area contributed by atoms with E-state index in [2.05, 4.69) is 16.4 Å². The van der Waals surface area contributed by atoms with Crippen LogP contribution >= 0.6 is 11.6 Å². The number of carbonyl (C=O) groups excluding carboxylic acids is 1. The third kappa shape index (κ3) is 5.35. The second-order valence-electron chi connectivity index (χ2n) is 8.16. The number of carbonyl (C=O) groups is 1. The molecule has 5 nitrogen and oxygen atoms in total. The molecule has 1 saturated heterocycles. The molecular weight excluding hydrogens is 412 g/mol. The summed E-state index contributed by atoms with van der Waals surface area (Å²) >= 11 is 6.22. The molecule has 0 radical (unpaired) electrons. The van der Waals surface area contributed by atoms with E-state index in [1.54, 1.807) is 6.20 Å². The summed E-state index contributed by atoms with van der Waals surface area (Å²) in [6.07, 6.45) is 4.22. The second-order valence-corrected chi connectivity index (χ2v) is 8.60. The summed E-state index contributed by atoms with van der Waals surface area (Å²) in [4.78, 5) is 16.9. The van der Waals surface area contributed by atoms with Crippen molar-refractivity contribution >= 4 is 17.5 Å². The summed E-state index contributed by atoms with van der Waals surface area (Å²) in [5, 5.41) is 3.83. The van der Waals surface area contributed by atoms with Crippen molar-refractivity contribution in [3.05, 3.63) is 76.8 Å². The predicted octanol–water partition coefficient (Wildman–Crippen LogP) is 5.10. The van der Waals surface area contributed by atoms with Gasteiger partial charge in [0.1, 0.15) is 0 Å². The van der Waals surface area contributed by atoms with Gasteiger partial charge in [-0.05, 0) is 37.5 Å². The van der Waals surface area contributed by atoms with E-state index >= 15 is 0 Å². The van der Waals surface area contributed by atoms with Crippen LogP contribution in [0.15, 0.2) is 59.1 Å². The Balaban J connectivity index is 1.34. The van der Waals surface area contributed by atoms with Crippen LogP contribution in [-0.4, -0.2) is 30.6 Å². The number of halogens is 1. The molecule has 0 aliphatic carbocycles. The van der Waals surface area contributed by atoms with Crippen molar-refractivity contribution in [2.24, 2.45) is 0 Å². The molecular formula is C25H27ClN2O3. The van der Waals surface area contributed by atoms with Crippen molar-refractivity contribution in [3.8, 4) is 11.3 Å². The number of oxazole rings is 1. The minimum absolute atomic E-state index is 0.0111. The zero-order valence-electron chi connectivity index (χ0n) is 17.7. The van der Waals surface area contributed by atoms with Gasteiger partial charge in [-0.2, -0.15) is 0 Å². The van der Waals surface area contributed by atoms with Gasteiger partial charge in [0.05, 0.1) is 6.20 Å². The monoisotopic (exact) mass is 438 g/mol. The highest BCUT2D eigenvalue weighted by molar-refractivity contribution is 6.30. The number of amides is 1. The summed E-state index contributed by atoms with van der Waals surface area (Å²) in [6, 6.07) is 16.0. The molecule has 0 unspecified atom stereocenters. The Labute approximate surface area is 187 Å². The molecule has 1 amide bonds. The number of benzene rings is 2. The zero-order chi connectivity index (χ0) is 21.7. The highest BCUT2D eigenvalue weighted by atomic mass is 35.5. The molecule has 1 N–H and O–H groups in total. The van der Waals surface area contributed by atoms with Crippen LogP contribution < -0.4 is 5.32 Å².